The summed E-state index contributed by atoms with van der Waals surface area (Å²) in [5, 5.41) is 5.74. The Balaban J connectivity index is 0.00000225. The number of halogens is 1. The number of anilines is 1. The molecule has 0 spiro atoms. The Morgan fingerprint density at radius 1 is 1.04 bits per heavy atom. The fourth-order valence-corrected chi connectivity index (χ4v) is 2.43. The minimum absolute atomic E-state index is 0. The van der Waals surface area contributed by atoms with Gasteiger partial charge in [-0.05, 0) is 42.7 Å². The number of hydrogen-bond donors (Lipinski definition) is 3. The Bertz CT molecular complexity index is 715. The highest BCUT2D eigenvalue weighted by Gasteiger charge is 2.23. The van der Waals surface area contributed by atoms with Crippen molar-refractivity contribution < 1.29 is 9.59 Å². The van der Waals surface area contributed by atoms with Crippen LogP contribution < -0.4 is 16.4 Å². The highest BCUT2D eigenvalue weighted by Crippen LogP contribution is 2.20. The number of nitrogens with one attached hydrogen (secondary N) is 2. The average Bonchev–Trinajstić information content (AvgIpc) is 3.40. The van der Waals surface area contributed by atoms with Crippen molar-refractivity contribution in [3.63, 3.8) is 0 Å². The van der Waals surface area contributed by atoms with E-state index in [0.717, 1.165) is 18.4 Å². The summed E-state index contributed by atoms with van der Waals surface area (Å²) in [7, 11) is 0. The molecule has 0 aromatic heterocycles. The van der Waals surface area contributed by atoms with Crippen LogP contribution in [0.1, 0.15) is 41.2 Å². The maximum atomic E-state index is 12.1. The molecule has 132 valence electrons. The standard InChI is InChI=1S/C19H21N3O2.ClH/c20-17(13-4-2-1-3-5-13)12-18(23)21-15-8-6-14(7-9-15)19(24)22-16-10-11-16;/h1-9,16-17H,10-12,20H2,(H,21,23)(H,22,24);1H. The third kappa shape index (κ3) is 5.59. The minimum Gasteiger partial charge on any atom is -0.349 e. The van der Waals surface area contributed by atoms with E-state index in [4.69, 9.17) is 5.73 Å². The number of amides is 2. The minimum atomic E-state index is -0.338. The van der Waals surface area contributed by atoms with Crippen molar-refractivity contribution >= 4 is 29.9 Å². The summed E-state index contributed by atoms with van der Waals surface area (Å²) in [4.78, 5) is 24.0. The third-order valence-electron chi connectivity index (χ3n) is 3.98. The smallest absolute Gasteiger partial charge is 0.251 e. The van der Waals surface area contributed by atoms with E-state index in [-0.39, 0.29) is 36.7 Å². The Kier molecular flexibility index (Phi) is 6.56. The van der Waals surface area contributed by atoms with Crippen LogP contribution in [0.2, 0.25) is 0 Å². The highest BCUT2D eigenvalue weighted by atomic mass is 35.5. The summed E-state index contributed by atoms with van der Waals surface area (Å²) >= 11 is 0. The van der Waals surface area contributed by atoms with E-state index in [0.29, 0.717) is 17.3 Å². The van der Waals surface area contributed by atoms with E-state index in [1.807, 2.05) is 30.3 Å². The lowest BCUT2D eigenvalue weighted by atomic mass is 10.0. The van der Waals surface area contributed by atoms with Crippen LogP contribution in [-0.2, 0) is 4.79 Å². The first-order valence-corrected chi connectivity index (χ1v) is 8.13. The van der Waals surface area contributed by atoms with Crippen molar-refractivity contribution in [2.75, 3.05) is 5.32 Å². The lowest BCUT2D eigenvalue weighted by Gasteiger charge is -2.12. The Hall–Kier alpha value is -2.37. The van der Waals surface area contributed by atoms with Crippen LogP contribution in [0, 0.1) is 0 Å². The Morgan fingerprint density at radius 2 is 1.68 bits per heavy atom. The molecule has 4 N–H and O–H groups in total. The van der Waals surface area contributed by atoms with Crippen LogP contribution in [0.15, 0.2) is 54.6 Å². The van der Waals surface area contributed by atoms with Gasteiger partial charge in [0.1, 0.15) is 0 Å². The number of carbonyl (C=O) groups is 2. The second kappa shape index (κ2) is 8.65. The van der Waals surface area contributed by atoms with Crippen molar-refractivity contribution in [3.05, 3.63) is 65.7 Å². The topological polar surface area (TPSA) is 84.2 Å². The fourth-order valence-electron chi connectivity index (χ4n) is 2.43. The van der Waals surface area contributed by atoms with Gasteiger partial charge in [0, 0.05) is 29.8 Å². The second-order valence-electron chi connectivity index (χ2n) is 6.09. The van der Waals surface area contributed by atoms with E-state index in [1.165, 1.54) is 0 Å². The van der Waals surface area contributed by atoms with Crippen LogP contribution in [0.3, 0.4) is 0 Å². The normalized spacial score (nSPS) is 14.1. The summed E-state index contributed by atoms with van der Waals surface area (Å²) in [6.45, 7) is 0. The van der Waals surface area contributed by atoms with Crippen LogP contribution in [-0.4, -0.2) is 17.9 Å². The van der Waals surface area contributed by atoms with Gasteiger partial charge < -0.3 is 16.4 Å². The summed E-state index contributed by atoms with van der Waals surface area (Å²) in [6, 6.07) is 16.4. The highest BCUT2D eigenvalue weighted by molar-refractivity contribution is 5.96. The Morgan fingerprint density at radius 3 is 2.28 bits per heavy atom. The molecule has 0 aliphatic heterocycles. The van der Waals surface area contributed by atoms with E-state index in [1.54, 1.807) is 24.3 Å². The zero-order chi connectivity index (χ0) is 16.9. The van der Waals surface area contributed by atoms with E-state index in [2.05, 4.69) is 10.6 Å². The molecule has 0 saturated heterocycles. The molecule has 2 aromatic carbocycles. The summed E-state index contributed by atoms with van der Waals surface area (Å²) in [5.74, 6) is -0.219. The third-order valence-corrected chi connectivity index (χ3v) is 3.98. The molecular formula is C19H22ClN3O2. The number of rotatable bonds is 6. The van der Waals surface area contributed by atoms with Gasteiger partial charge in [-0.2, -0.15) is 0 Å². The maximum absolute atomic E-state index is 12.1. The van der Waals surface area contributed by atoms with Crippen LogP contribution in [0.4, 0.5) is 5.69 Å². The molecule has 5 nitrogen and oxygen atoms in total. The largest absolute Gasteiger partial charge is 0.349 e. The van der Waals surface area contributed by atoms with Gasteiger partial charge in [0.2, 0.25) is 5.91 Å². The zero-order valence-electron chi connectivity index (χ0n) is 13.8. The van der Waals surface area contributed by atoms with Gasteiger partial charge in [0.25, 0.3) is 5.91 Å². The molecule has 6 heteroatoms. The molecule has 0 radical (unpaired) electrons. The molecule has 25 heavy (non-hydrogen) atoms. The van der Waals surface area contributed by atoms with Crippen molar-refractivity contribution in [1.82, 2.24) is 5.32 Å². The van der Waals surface area contributed by atoms with E-state index < -0.39 is 0 Å². The van der Waals surface area contributed by atoms with Gasteiger partial charge in [0.05, 0.1) is 0 Å². The van der Waals surface area contributed by atoms with Gasteiger partial charge >= 0.3 is 0 Å². The number of benzene rings is 2. The molecule has 1 aliphatic rings. The number of nitrogens with two attached hydrogens (primary N) is 1. The van der Waals surface area contributed by atoms with Gasteiger partial charge in [-0.15, -0.1) is 12.4 Å². The van der Waals surface area contributed by atoms with Crippen LogP contribution >= 0.6 is 12.4 Å². The van der Waals surface area contributed by atoms with Crippen LogP contribution in [0.5, 0.6) is 0 Å². The van der Waals surface area contributed by atoms with Crippen LogP contribution in [0.25, 0.3) is 0 Å². The first-order valence-electron chi connectivity index (χ1n) is 8.13. The quantitative estimate of drug-likeness (QED) is 0.741. The molecule has 3 rings (SSSR count). The predicted octanol–water partition coefficient (Wildman–Crippen LogP) is 3.03. The molecule has 0 heterocycles. The molecule has 1 fully saturated rings. The summed E-state index contributed by atoms with van der Waals surface area (Å²) < 4.78 is 0. The van der Waals surface area contributed by atoms with E-state index in [9.17, 15) is 9.59 Å². The summed E-state index contributed by atoms with van der Waals surface area (Å²) in [5.41, 5.74) is 8.24. The first kappa shape index (κ1) is 19.0. The van der Waals surface area contributed by atoms with Gasteiger partial charge in [-0.1, -0.05) is 30.3 Å². The number of hydrogen-bond acceptors (Lipinski definition) is 3. The lowest BCUT2D eigenvalue weighted by Crippen LogP contribution is -2.25. The predicted molar refractivity (Wildman–Crippen MR) is 101 cm³/mol. The first-order chi connectivity index (χ1) is 11.6. The SMILES string of the molecule is Cl.NC(CC(=O)Nc1ccc(C(=O)NC2CC2)cc1)c1ccccc1. The van der Waals surface area contributed by atoms with Gasteiger partial charge in [-0.3, -0.25) is 9.59 Å². The molecule has 2 amide bonds. The molecule has 0 bridgehead atoms. The molecule has 1 saturated carbocycles. The molecule has 1 unspecified atom stereocenters. The maximum Gasteiger partial charge on any atom is 0.251 e. The number of carbonyl (C=O) groups excluding carboxylic acids is 2. The molecular weight excluding hydrogens is 338 g/mol. The van der Waals surface area contributed by atoms with Gasteiger partial charge in [0.15, 0.2) is 0 Å². The van der Waals surface area contributed by atoms with Crippen molar-refractivity contribution in [2.24, 2.45) is 5.73 Å². The van der Waals surface area contributed by atoms with Crippen molar-refractivity contribution in [3.8, 4) is 0 Å². The average molecular weight is 360 g/mol. The Labute approximate surface area is 153 Å². The second-order valence-corrected chi connectivity index (χ2v) is 6.09. The molecule has 1 atom stereocenters. The van der Waals surface area contributed by atoms with Gasteiger partial charge in [-0.25, -0.2) is 0 Å². The van der Waals surface area contributed by atoms with E-state index >= 15 is 0 Å². The molecule has 1 aliphatic carbocycles. The zero-order valence-corrected chi connectivity index (χ0v) is 14.6. The fraction of sp³-hybridized carbons (Fsp3) is 0.263. The lowest BCUT2D eigenvalue weighted by molar-refractivity contribution is -0.116. The summed E-state index contributed by atoms with van der Waals surface area (Å²) in [6.07, 6.45) is 2.32. The molecule has 2 aromatic rings. The van der Waals surface area contributed by atoms with Crippen molar-refractivity contribution in [2.45, 2.75) is 31.3 Å². The monoisotopic (exact) mass is 359 g/mol. The van der Waals surface area contributed by atoms with Crippen molar-refractivity contribution in [1.29, 1.82) is 0 Å².